The Labute approximate surface area is 150 Å². The fourth-order valence-corrected chi connectivity index (χ4v) is 4.03. The maximum absolute atomic E-state index is 12.6. The van der Waals surface area contributed by atoms with Crippen molar-refractivity contribution < 1.29 is 9.59 Å². The molecule has 0 bridgehead atoms. The van der Waals surface area contributed by atoms with Crippen LogP contribution in [0.2, 0.25) is 0 Å². The lowest BCUT2D eigenvalue weighted by Gasteiger charge is -2.24. The average Bonchev–Trinajstić information content (AvgIpc) is 3.22. The SMILES string of the molecule is CN(C)Cc1ccccc1CNC(=O)C1CC(=O)N(C2CCCC2)C1. The first-order valence-corrected chi connectivity index (χ1v) is 9.33. The van der Waals surface area contributed by atoms with E-state index in [1.807, 2.05) is 31.1 Å². The third-order valence-electron chi connectivity index (χ3n) is 5.35. The second-order valence-corrected chi connectivity index (χ2v) is 7.61. The van der Waals surface area contributed by atoms with Gasteiger partial charge in [0.2, 0.25) is 11.8 Å². The number of amides is 2. The number of nitrogens with zero attached hydrogens (tertiary/aromatic N) is 2. The molecule has 5 nitrogen and oxygen atoms in total. The van der Waals surface area contributed by atoms with Gasteiger partial charge >= 0.3 is 0 Å². The van der Waals surface area contributed by atoms with Crippen molar-refractivity contribution in [3.63, 3.8) is 0 Å². The quantitative estimate of drug-likeness (QED) is 0.861. The molecule has 1 aliphatic heterocycles. The topological polar surface area (TPSA) is 52.7 Å². The van der Waals surface area contributed by atoms with E-state index in [4.69, 9.17) is 0 Å². The summed E-state index contributed by atoms with van der Waals surface area (Å²) >= 11 is 0. The molecule has 3 rings (SSSR count). The van der Waals surface area contributed by atoms with Crippen LogP contribution < -0.4 is 5.32 Å². The maximum atomic E-state index is 12.6. The molecule has 2 fully saturated rings. The monoisotopic (exact) mass is 343 g/mol. The van der Waals surface area contributed by atoms with E-state index < -0.39 is 0 Å². The van der Waals surface area contributed by atoms with Gasteiger partial charge in [-0.2, -0.15) is 0 Å². The maximum Gasteiger partial charge on any atom is 0.225 e. The van der Waals surface area contributed by atoms with Gasteiger partial charge in [-0.25, -0.2) is 0 Å². The Morgan fingerprint density at radius 3 is 2.56 bits per heavy atom. The second-order valence-electron chi connectivity index (χ2n) is 7.61. The highest BCUT2D eigenvalue weighted by Gasteiger charge is 2.38. The first-order chi connectivity index (χ1) is 12.0. The van der Waals surface area contributed by atoms with Crippen LogP contribution in [0.5, 0.6) is 0 Å². The molecule has 1 N–H and O–H groups in total. The van der Waals surface area contributed by atoms with E-state index >= 15 is 0 Å². The summed E-state index contributed by atoms with van der Waals surface area (Å²) in [5, 5.41) is 3.05. The smallest absolute Gasteiger partial charge is 0.225 e. The van der Waals surface area contributed by atoms with Crippen LogP contribution in [0.25, 0.3) is 0 Å². The number of likely N-dealkylation sites (tertiary alicyclic amines) is 1. The predicted molar refractivity (Wildman–Crippen MR) is 97.8 cm³/mol. The Bertz CT molecular complexity index is 623. The van der Waals surface area contributed by atoms with Gasteiger partial charge < -0.3 is 15.1 Å². The largest absolute Gasteiger partial charge is 0.352 e. The van der Waals surface area contributed by atoms with E-state index in [-0.39, 0.29) is 17.7 Å². The van der Waals surface area contributed by atoms with Crippen LogP contribution in [0.15, 0.2) is 24.3 Å². The van der Waals surface area contributed by atoms with Gasteiger partial charge in [0, 0.05) is 32.1 Å². The molecule has 1 aromatic rings. The number of carbonyl (C=O) groups excluding carboxylic acids is 2. The fraction of sp³-hybridized carbons (Fsp3) is 0.600. The van der Waals surface area contributed by atoms with Gasteiger partial charge in [-0.15, -0.1) is 0 Å². The standard InChI is InChI=1S/C20H29N3O2/c1-22(2)13-16-8-4-3-7-15(16)12-21-20(25)17-11-19(24)23(14-17)18-9-5-6-10-18/h3-4,7-8,17-18H,5-6,9-14H2,1-2H3,(H,21,25). The molecule has 1 aliphatic carbocycles. The van der Waals surface area contributed by atoms with Gasteiger partial charge in [-0.3, -0.25) is 9.59 Å². The Morgan fingerprint density at radius 1 is 1.20 bits per heavy atom. The van der Waals surface area contributed by atoms with Crippen molar-refractivity contribution in [1.82, 2.24) is 15.1 Å². The molecule has 136 valence electrons. The minimum Gasteiger partial charge on any atom is -0.352 e. The average molecular weight is 343 g/mol. The third-order valence-corrected chi connectivity index (χ3v) is 5.35. The van der Waals surface area contributed by atoms with Crippen LogP contribution in [-0.2, 0) is 22.7 Å². The van der Waals surface area contributed by atoms with Crippen molar-refractivity contribution >= 4 is 11.8 Å². The van der Waals surface area contributed by atoms with E-state index in [1.54, 1.807) is 0 Å². The molecule has 1 saturated heterocycles. The Morgan fingerprint density at radius 2 is 1.88 bits per heavy atom. The van der Waals surface area contributed by atoms with Crippen LogP contribution >= 0.6 is 0 Å². The van der Waals surface area contributed by atoms with Crippen molar-refractivity contribution in [2.45, 2.75) is 51.2 Å². The van der Waals surface area contributed by atoms with Crippen LogP contribution in [0.1, 0.15) is 43.2 Å². The van der Waals surface area contributed by atoms with Crippen molar-refractivity contribution in [3.05, 3.63) is 35.4 Å². The van der Waals surface area contributed by atoms with Gasteiger partial charge in [0.1, 0.15) is 0 Å². The van der Waals surface area contributed by atoms with Gasteiger partial charge in [0.05, 0.1) is 5.92 Å². The summed E-state index contributed by atoms with van der Waals surface area (Å²) in [6.45, 7) is 1.97. The predicted octanol–water partition coefficient (Wildman–Crippen LogP) is 2.16. The number of hydrogen-bond donors (Lipinski definition) is 1. The van der Waals surface area contributed by atoms with E-state index in [9.17, 15) is 9.59 Å². The van der Waals surface area contributed by atoms with Crippen molar-refractivity contribution in [2.75, 3.05) is 20.6 Å². The first kappa shape index (κ1) is 17.9. The zero-order valence-corrected chi connectivity index (χ0v) is 15.3. The minimum atomic E-state index is -0.200. The number of benzene rings is 1. The number of nitrogens with one attached hydrogen (secondary N) is 1. The Balaban J connectivity index is 1.56. The van der Waals surface area contributed by atoms with Crippen LogP contribution in [0.3, 0.4) is 0 Å². The normalized spacial score (nSPS) is 21.3. The summed E-state index contributed by atoms with van der Waals surface area (Å²) in [4.78, 5) is 28.9. The summed E-state index contributed by atoms with van der Waals surface area (Å²) in [6.07, 6.45) is 4.96. The summed E-state index contributed by atoms with van der Waals surface area (Å²) in [6, 6.07) is 8.55. The van der Waals surface area contributed by atoms with E-state index in [0.29, 0.717) is 25.6 Å². The third kappa shape index (κ3) is 4.40. The van der Waals surface area contributed by atoms with Gasteiger partial charge in [0.15, 0.2) is 0 Å². The molecule has 1 saturated carbocycles. The first-order valence-electron chi connectivity index (χ1n) is 9.33. The molecular formula is C20H29N3O2. The molecule has 1 unspecified atom stereocenters. The minimum absolute atomic E-state index is 0.00787. The van der Waals surface area contributed by atoms with Crippen LogP contribution in [-0.4, -0.2) is 48.3 Å². The number of rotatable bonds is 6. The van der Waals surface area contributed by atoms with E-state index in [0.717, 1.165) is 24.9 Å². The lowest BCUT2D eigenvalue weighted by Crippen LogP contribution is -2.36. The highest BCUT2D eigenvalue weighted by Crippen LogP contribution is 2.29. The zero-order valence-electron chi connectivity index (χ0n) is 15.3. The Kier molecular flexibility index (Phi) is 5.74. The Hall–Kier alpha value is -1.88. The van der Waals surface area contributed by atoms with Crippen LogP contribution in [0, 0.1) is 5.92 Å². The van der Waals surface area contributed by atoms with Gasteiger partial charge in [-0.05, 0) is 38.1 Å². The van der Waals surface area contributed by atoms with Crippen molar-refractivity contribution in [3.8, 4) is 0 Å². The molecule has 25 heavy (non-hydrogen) atoms. The highest BCUT2D eigenvalue weighted by atomic mass is 16.2. The molecule has 1 aromatic carbocycles. The molecular weight excluding hydrogens is 314 g/mol. The summed E-state index contributed by atoms with van der Waals surface area (Å²) in [5.41, 5.74) is 2.37. The number of hydrogen-bond acceptors (Lipinski definition) is 3. The van der Waals surface area contributed by atoms with Crippen LogP contribution in [0.4, 0.5) is 0 Å². The van der Waals surface area contributed by atoms with Crippen molar-refractivity contribution in [2.24, 2.45) is 5.92 Å². The van der Waals surface area contributed by atoms with E-state index in [2.05, 4.69) is 22.3 Å². The van der Waals surface area contributed by atoms with Gasteiger partial charge in [0.25, 0.3) is 0 Å². The molecule has 1 heterocycles. The molecule has 2 aliphatic rings. The molecule has 0 spiro atoms. The summed E-state index contributed by atoms with van der Waals surface area (Å²) in [5.74, 6) is -0.0392. The molecule has 0 aromatic heterocycles. The fourth-order valence-electron chi connectivity index (χ4n) is 4.03. The molecule has 0 radical (unpaired) electrons. The lowest BCUT2D eigenvalue weighted by atomic mass is 10.1. The second kappa shape index (κ2) is 8.00. The van der Waals surface area contributed by atoms with E-state index in [1.165, 1.54) is 18.4 Å². The zero-order chi connectivity index (χ0) is 17.8. The highest BCUT2D eigenvalue weighted by molar-refractivity contribution is 5.89. The summed E-state index contributed by atoms with van der Waals surface area (Å²) in [7, 11) is 4.08. The lowest BCUT2D eigenvalue weighted by molar-refractivity contribution is -0.130. The van der Waals surface area contributed by atoms with Crippen molar-refractivity contribution in [1.29, 1.82) is 0 Å². The molecule has 5 heteroatoms. The number of carbonyl (C=O) groups is 2. The molecule has 1 atom stereocenters. The van der Waals surface area contributed by atoms with Gasteiger partial charge in [-0.1, -0.05) is 37.1 Å². The summed E-state index contributed by atoms with van der Waals surface area (Å²) < 4.78 is 0. The molecule has 2 amide bonds.